The minimum Gasteiger partial charge on any atom is -0.466 e. The van der Waals surface area contributed by atoms with Gasteiger partial charge in [-0.15, -0.1) is 23.1 Å². The van der Waals surface area contributed by atoms with Gasteiger partial charge in [0.1, 0.15) is 11.6 Å². The van der Waals surface area contributed by atoms with Gasteiger partial charge in [0.05, 0.1) is 24.5 Å². The average Bonchev–Trinajstić information content (AvgIpc) is 2.93. The molecule has 2 aromatic rings. The zero-order valence-electron chi connectivity index (χ0n) is 12.7. The fraction of sp³-hybridized carbons (Fsp3) is 0.267. The van der Waals surface area contributed by atoms with Crippen molar-refractivity contribution in [3.8, 4) is 0 Å². The van der Waals surface area contributed by atoms with Crippen LogP contribution in [0.1, 0.15) is 12.6 Å². The Labute approximate surface area is 145 Å². The topological polar surface area (TPSA) is 68.3 Å². The second-order valence-corrected chi connectivity index (χ2v) is 6.41. The largest absolute Gasteiger partial charge is 0.466 e. The highest BCUT2D eigenvalue weighted by atomic mass is 32.2. The van der Waals surface area contributed by atoms with Gasteiger partial charge in [0.15, 0.2) is 5.13 Å². The molecule has 0 fully saturated rings. The van der Waals surface area contributed by atoms with Crippen LogP contribution in [0, 0.1) is 11.6 Å². The van der Waals surface area contributed by atoms with E-state index in [0.29, 0.717) is 17.4 Å². The molecule has 0 bridgehead atoms. The Morgan fingerprint density at radius 3 is 2.88 bits per heavy atom. The number of rotatable bonds is 7. The molecule has 24 heavy (non-hydrogen) atoms. The summed E-state index contributed by atoms with van der Waals surface area (Å²) >= 11 is 2.14. The van der Waals surface area contributed by atoms with Gasteiger partial charge in [-0.3, -0.25) is 9.59 Å². The number of carbonyl (C=O) groups is 2. The summed E-state index contributed by atoms with van der Waals surface area (Å²) in [4.78, 5) is 27.5. The Hall–Kier alpha value is -2.00. The molecular formula is C15H14F2N2O3S2. The van der Waals surface area contributed by atoms with E-state index >= 15 is 0 Å². The normalized spacial score (nSPS) is 10.5. The molecule has 1 heterocycles. The predicted octanol–water partition coefficient (Wildman–Crippen LogP) is 3.26. The molecule has 1 N–H and O–H groups in total. The molecular weight excluding hydrogens is 358 g/mol. The maximum absolute atomic E-state index is 13.5. The van der Waals surface area contributed by atoms with Crippen molar-refractivity contribution in [3.63, 3.8) is 0 Å². The summed E-state index contributed by atoms with van der Waals surface area (Å²) in [6.07, 6.45) is 0.0375. The van der Waals surface area contributed by atoms with Crippen molar-refractivity contribution in [2.24, 2.45) is 0 Å². The Morgan fingerprint density at radius 1 is 1.38 bits per heavy atom. The van der Waals surface area contributed by atoms with Crippen molar-refractivity contribution in [2.75, 3.05) is 17.7 Å². The predicted molar refractivity (Wildman–Crippen MR) is 88.2 cm³/mol. The van der Waals surface area contributed by atoms with E-state index in [1.807, 2.05) is 0 Å². The molecule has 0 unspecified atom stereocenters. The van der Waals surface area contributed by atoms with Gasteiger partial charge in [-0.2, -0.15) is 0 Å². The second-order valence-electron chi connectivity index (χ2n) is 4.54. The molecule has 0 aliphatic rings. The zero-order valence-corrected chi connectivity index (χ0v) is 14.3. The van der Waals surface area contributed by atoms with E-state index in [1.54, 1.807) is 12.3 Å². The molecule has 1 amide bonds. The zero-order chi connectivity index (χ0) is 17.5. The van der Waals surface area contributed by atoms with Gasteiger partial charge in [0, 0.05) is 16.3 Å². The number of ether oxygens (including phenoxy) is 1. The van der Waals surface area contributed by atoms with E-state index in [0.717, 1.165) is 23.9 Å². The molecule has 0 atom stereocenters. The summed E-state index contributed by atoms with van der Waals surface area (Å²) in [7, 11) is 0. The quantitative estimate of drug-likeness (QED) is 0.597. The molecule has 0 aliphatic carbocycles. The minimum atomic E-state index is -0.709. The summed E-state index contributed by atoms with van der Waals surface area (Å²) in [6.45, 7) is 2.01. The number of thioether (sulfide) groups is 1. The molecule has 5 nitrogen and oxygen atoms in total. The van der Waals surface area contributed by atoms with Gasteiger partial charge in [0.25, 0.3) is 0 Å². The summed E-state index contributed by atoms with van der Waals surface area (Å²) in [5.41, 5.74) is 0.506. The Bertz CT molecular complexity index is 737. The lowest BCUT2D eigenvalue weighted by Gasteiger charge is -2.03. The minimum absolute atomic E-state index is 0.0375. The number of aromatic nitrogens is 1. The molecule has 0 aliphatic heterocycles. The van der Waals surface area contributed by atoms with Crippen LogP contribution in [-0.2, 0) is 20.7 Å². The van der Waals surface area contributed by atoms with Crippen LogP contribution in [0.3, 0.4) is 0 Å². The highest BCUT2D eigenvalue weighted by Gasteiger charge is 2.12. The summed E-state index contributed by atoms with van der Waals surface area (Å²) in [5, 5.41) is 4.57. The molecule has 0 radical (unpaired) electrons. The molecule has 0 saturated heterocycles. The number of amides is 1. The lowest BCUT2D eigenvalue weighted by atomic mass is 10.3. The van der Waals surface area contributed by atoms with Crippen LogP contribution in [-0.4, -0.2) is 29.2 Å². The fourth-order valence-corrected chi connectivity index (χ4v) is 3.14. The highest BCUT2D eigenvalue weighted by Crippen LogP contribution is 2.23. The SMILES string of the molecule is CCOC(=O)Cc1csc(NC(=O)CSc2ccc(F)cc2F)n1. The number of nitrogens with zero attached hydrogens (tertiary/aromatic N) is 1. The van der Waals surface area contributed by atoms with Crippen LogP contribution < -0.4 is 5.32 Å². The maximum Gasteiger partial charge on any atom is 0.311 e. The van der Waals surface area contributed by atoms with Crippen LogP contribution in [0.4, 0.5) is 13.9 Å². The van der Waals surface area contributed by atoms with Crippen LogP contribution in [0.2, 0.25) is 0 Å². The summed E-state index contributed by atoms with van der Waals surface area (Å²) in [6, 6.07) is 3.18. The third-order valence-corrected chi connectivity index (χ3v) is 4.54. The van der Waals surface area contributed by atoms with Gasteiger partial charge in [-0.25, -0.2) is 13.8 Å². The van der Waals surface area contributed by atoms with E-state index in [-0.39, 0.29) is 28.9 Å². The fourth-order valence-electron chi connectivity index (χ4n) is 1.70. The molecule has 9 heteroatoms. The molecule has 2 rings (SSSR count). The standard InChI is InChI=1S/C15H14F2N2O3S2/c1-2-22-14(21)6-10-7-24-15(18-10)19-13(20)8-23-12-4-3-9(16)5-11(12)17/h3-5,7H,2,6,8H2,1H3,(H,18,19,20). The third kappa shape index (κ3) is 5.57. The van der Waals surface area contributed by atoms with E-state index < -0.39 is 11.6 Å². The number of hydrogen-bond acceptors (Lipinski definition) is 6. The number of halogens is 2. The first-order valence-corrected chi connectivity index (χ1v) is 8.82. The van der Waals surface area contributed by atoms with Crippen LogP contribution in [0.25, 0.3) is 0 Å². The number of carbonyl (C=O) groups excluding carboxylic acids is 2. The third-order valence-electron chi connectivity index (χ3n) is 2.68. The first-order chi connectivity index (χ1) is 11.5. The van der Waals surface area contributed by atoms with E-state index in [4.69, 9.17) is 4.74 Å². The second kappa shape index (κ2) is 8.74. The number of thiazole rings is 1. The van der Waals surface area contributed by atoms with Gasteiger partial charge in [-0.1, -0.05) is 0 Å². The number of esters is 1. The molecule has 1 aromatic heterocycles. The van der Waals surface area contributed by atoms with E-state index in [9.17, 15) is 18.4 Å². The number of hydrogen-bond donors (Lipinski definition) is 1. The lowest BCUT2D eigenvalue weighted by Crippen LogP contribution is -2.14. The molecule has 128 valence electrons. The van der Waals surface area contributed by atoms with Gasteiger partial charge < -0.3 is 10.1 Å². The molecule has 0 saturated carbocycles. The maximum atomic E-state index is 13.5. The van der Waals surface area contributed by atoms with Crippen LogP contribution in [0.5, 0.6) is 0 Å². The van der Waals surface area contributed by atoms with Crippen molar-refractivity contribution in [1.29, 1.82) is 0 Å². The van der Waals surface area contributed by atoms with Crippen molar-refractivity contribution < 1.29 is 23.1 Å². The Kier molecular flexibility index (Phi) is 6.68. The first kappa shape index (κ1) is 18.3. The Balaban J connectivity index is 1.84. The Morgan fingerprint density at radius 2 is 2.17 bits per heavy atom. The number of nitrogens with one attached hydrogen (secondary N) is 1. The van der Waals surface area contributed by atoms with E-state index in [2.05, 4.69) is 10.3 Å². The highest BCUT2D eigenvalue weighted by molar-refractivity contribution is 8.00. The van der Waals surface area contributed by atoms with Crippen molar-refractivity contribution in [3.05, 3.63) is 40.9 Å². The molecule has 0 spiro atoms. The van der Waals surface area contributed by atoms with Gasteiger partial charge in [-0.05, 0) is 19.1 Å². The van der Waals surface area contributed by atoms with Gasteiger partial charge >= 0.3 is 5.97 Å². The summed E-state index contributed by atoms with van der Waals surface area (Å²) < 4.78 is 31.1. The smallest absolute Gasteiger partial charge is 0.311 e. The van der Waals surface area contributed by atoms with Crippen LogP contribution in [0.15, 0.2) is 28.5 Å². The lowest BCUT2D eigenvalue weighted by molar-refractivity contribution is -0.142. The van der Waals surface area contributed by atoms with Gasteiger partial charge in [0.2, 0.25) is 5.91 Å². The number of anilines is 1. The average molecular weight is 372 g/mol. The van der Waals surface area contributed by atoms with Crippen LogP contribution >= 0.6 is 23.1 Å². The van der Waals surface area contributed by atoms with Crippen molar-refractivity contribution in [1.82, 2.24) is 4.98 Å². The number of benzene rings is 1. The monoisotopic (exact) mass is 372 g/mol. The van der Waals surface area contributed by atoms with E-state index in [1.165, 1.54) is 17.4 Å². The summed E-state index contributed by atoms with van der Waals surface area (Å²) in [5.74, 6) is -2.18. The van der Waals surface area contributed by atoms with Crippen molar-refractivity contribution >= 4 is 40.1 Å². The molecule has 1 aromatic carbocycles. The van der Waals surface area contributed by atoms with Crippen molar-refractivity contribution in [2.45, 2.75) is 18.2 Å². The first-order valence-electron chi connectivity index (χ1n) is 6.95.